The molecule has 1 unspecified atom stereocenters. The number of nitrogens with two attached hydrogens (primary N) is 1. The van der Waals surface area contributed by atoms with Crippen molar-refractivity contribution in [1.29, 1.82) is 0 Å². The number of hydrogen-bond acceptors (Lipinski definition) is 3. The normalized spacial score (nSPS) is 21.7. The second-order valence-electron chi connectivity index (χ2n) is 3.72. The van der Waals surface area contributed by atoms with Crippen molar-refractivity contribution in [3.8, 4) is 0 Å². The smallest absolute Gasteiger partial charge is 0.0755 e. The molecule has 2 nitrogen and oxygen atoms in total. The summed E-state index contributed by atoms with van der Waals surface area (Å²) in [6.45, 7) is 0.653. The second-order valence-corrected chi connectivity index (χ2v) is 6.18. The van der Waals surface area contributed by atoms with Crippen molar-refractivity contribution in [3.05, 3.63) is 20.3 Å². The first kappa shape index (κ1) is 10.6. The minimum atomic E-state index is 0.508. The maximum atomic E-state index is 5.17. The summed E-state index contributed by atoms with van der Waals surface area (Å²) in [7, 11) is 0. The third kappa shape index (κ3) is 2.19. The van der Waals surface area contributed by atoms with E-state index in [0.717, 1.165) is 0 Å². The molecule has 1 aliphatic carbocycles. The van der Waals surface area contributed by atoms with Crippen LogP contribution >= 0.6 is 27.3 Å². The second kappa shape index (κ2) is 4.75. The summed E-state index contributed by atoms with van der Waals surface area (Å²) in [5.74, 6) is 5.68. The number of fused-ring (bicyclic) bond motifs is 1. The Balaban J connectivity index is 2.26. The molecule has 1 aliphatic rings. The number of rotatable bonds is 2. The van der Waals surface area contributed by atoms with Crippen molar-refractivity contribution in [3.63, 3.8) is 0 Å². The van der Waals surface area contributed by atoms with Crippen molar-refractivity contribution in [2.24, 2.45) is 5.90 Å². The van der Waals surface area contributed by atoms with Crippen molar-refractivity contribution in [1.82, 2.24) is 0 Å². The van der Waals surface area contributed by atoms with E-state index >= 15 is 0 Å². The molecule has 0 saturated carbocycles. The quantitative estimate of drug-likeness (QED) is 0.665. The van der Waals surface area contributed by atoms with Crippen LogP contribution in [-0.4, -0.2) is 6.61 Å². The number of halogens is 1. The lowest BCUT2D eigenvalue weighted by atomic mass is 10.0. The molecular weight excluding hydrogens is 262 g/mol. The first-order valence-corrected chi connectivity index (χ1v) is 6.52. The topological polar surface area (TPSA) is 35.2 Å². The van der Waals surface area contributed by atoms with Crippen LogP contribution in [0, 0.1) is 0 Å². The zero-order chi connectivity index (χ0) is 9.97. The fraction of sp³-hybridized carbons (Fsp3) is 0.600. The molecule has 1 aromatic heterocycles. The van der Waals surface area contributed by atoms with E-state index in [1.165, 1.54) is 39.9 Å². The average molecular weight is 276 g/mol. The fourth-order valence-electron chi connectivity index (χ4n) is 2.06. The van der Waals surface area contributed by atoms with Crippen molar-refractivity contribution in [2.75, 3.05) is 6.61 Å². The van der Waals surface area contributed by atoms with E-state index in [-0.39, 0.29) is 0 Å². The summed E-state index contributed by atoms with van der Waals surface area (Å²) < 4.78 is 1.23. The molecule has 0 aliphatic heterocycles. The first-order valence-electron chi connectivity index (χ1n) is 4.91. The van der Waals surface area contributed by atoms with Crippen molar-refractivity contribution in [2.45, 2.75) is 31.6 Å². The Morgan fingerprint density at radius 3 is 3.21 bits per heavy atom. The maximum absolute atomic E-state index is 5.17. The van der Waals surface area contributed by atoms with Crippen molar-refractivity contribution < 1.29 is 4.84 Å². The van der Waals surface area contributed by atoms with Gasteiger partial charge in [-0.05, 0) is 46.8 Å². The molecule has 0 bridgehead atoms. The van der Waals surface area contributed by atoms with Crippen LogP contribution in [0.25, 0.3) is 0 Å². The molecule has 2 rings (SSSR count). The van der Waals surface area contributed by atoms with Crippen LogP contribution in [0.2, 0.25) is 0 Å². The Morgan fingerprint density at radius 1 is 1.57 bits per heavy atom. The summed E-state index contributed by atoms with van der Waals surface area (Å²) in [4.78, 5) is 6.27. The van der Waals surface area contributed by atoms with Gasteiger partial charge in [0.05, 0.1) is 10.4 Å². The van der Waals surface area contributed by atoms with Crippen LogP contribution in [0.15, 0.2) is 9.85 Å². The molecule has 1 heterocycles. The van der Waals surface area contributed by atoms with Gasteiger partial charge in [0.2, 0.25) is 0 Å². The molecule has 4 heteroatoms. The van der Waals surface area contributed by atoms with E-state index in [4.69, 9.17) is 10.7 Å². The average Bonchev–Trinajstić information content (AvgIpc) is 2.43. The molecule has 0 spiro atoms. The van der Waals surface area contributed by atoms with Crippen LogP contribution in [0.4, 0.5) is 0 Å². The van der Waals surface area contributed by atoms with Crippen LogP contribution in [0.5, 0.6) is 0 Å². The molecular formula is C10H14BrNOS. The van der Waals surface area contributed by atoms with Gasteiger partial charge in [-0.1, -0.05) is 6.42 Å². The predicted octanol–water partition coefficient (Wildman–Crippen LogP) is 3.21. The Bertz CT molecular complexity index is 313. The van der Waals surface area contributed by atoms with Crippen LogP contribution in [0.3, 0.4) is 0 Å². The standard InChI is InChI=1S/C10H14BrNOS/c11-9-5-7-3-1-2-4-8(6-13-12)10(7)14-9/h5,8H,1-4,6,12H2. The summed E-state index contributed by atoms with van der Waals surface area (Å²) in [6, 6.07) is 2.24. The Morgan fingerprint density at radius 2 is 2.43 bits per heavy atom. The van der Waals surface area contributed by atoms with Gasteiger partial charge in [0.1, 0.15) is 0 Å². The number of aryl methyl sites for hydroxylation is 1. The minimum absolute atomic E-state index is 0.508. The molecule has 0 aromatic carbocycles. The van der Waals surface area contributed by atoms with E-state index in [1.54, 1.807) is 0 Å². The first-order chi connectivity index (χ1) is 6.81. The molecule has 1 atom stereocenters. The number of thiophene rings is 1. The summed E-state index contributed by atoms with van der Waals surface area (Å²) in [5.41, 5.74) is 1.49. The van der Waals surface area contributed by atoms with Gasteiger partial charge < -0.3 is 4.84 Å². The minimum Gasteiger partial charge on any atom is -0.304 e. The van der Waals surface area contributed by atoms with Gasteiger partial charge in [0, 0.05) is 10.8 Å². The summed E-state index contributed by atoms with van der Waals surface area (Å²) in [6.07, 6.45) is 4.99. The Labute approximate surface area is 96.5 Å². The Hall–Kier alpha value is 0.1000. The zero-order valence-corrected chi connectivity index (χ0v) is 10.4. The molecule has 0 fully saturated rings. The van der Waals surface area contributed by atoms with E-state index in [9.17, 15) is 0 Å². The number of hydrogen-bond donors (Lipinski definition) is 1. The highest BCUT2D eigenvalue weighted by atomic mass is 79.9. The largest absolute Gasteiger partial charge is 0.304 e. The van der Waals surface area contributed by atoms with Crippen LogP contribution in [-0.2, 0) is 11.3 Å². The highest BCUT2D eigenvalue weighted by Gasteiger charge is 2.21. The predicted molar refractivity (Wildman–Crippen MR) is 62.5 cm³/mol. The Kier molecular flexibility index (Phi) is 3.60. The van der Waals surface area contributed by atoms with Crippen LogP contribution in [0.1, 0.15) is 35.6 Å². The third-order valence-electron chi connectivity index (χ3n) is 2.73. The third-order valence-corrected chi connectivity index (χ3v) is 4.57. The molecule has 2 N–H and O–H groups in total. The van der Waals surface area contributed by atoms with E-state index in [0.29, 0.717) is 12.5 Å². The maximum Gasteiger partial charge on any atom is 0.0755 e. The lowest BCUT2D eigenvalue weighted by Gasteiger charge is -2.12. The van der Waals surface area contributed by atoms with E-state index < -0.39 is 0 Å². The van der Waals surface area contributed by atoms with E-state index in [2.05, 4.69) is 22.0 Å². The van der Waals surface area contributed by atoms with E-state index in [1.807, 2.05) is 11.3 Å². The molecule has 0 saturated heterocycles. The van der Waals surface area contributed by atoms with Gasteiger partial charge >= 0.3 is 0 Å². The van der Waals surface area contributed by atoms with Gasteiger partial charge in [-0.3, -0.25) is 0 Å². The lowest BCUT2D eigenvalue weighted by molar-refractivity contribution is 0.121. The molecule has 78 valence electrons. The molecule has 0 radical (unpaired) electrons. The van der Waals surface area contributed by atoms with Crippen molar-refractivity contribution >= 4 is 27.3 Å². The van der Waals surface area contributed by atoms with Gasteiger partial charge in [-0.25, -0.2) is 5.90 Å². The monoisotopic (exact) mass is 275 g/mol. The van der Waals surface area contributed by atoms with Gasteiger partial charge in [-0.15, -0.1) is 11.3 Å². The summed E-state index contributed by atoms with van der Waals surface area (Å²) in [5, 5.41) is 0. The molecule has 0 amide bonds. The highest BCUT2D eigenvalue weighted by molar-refractivity contribution is 9.11. The SMILES string of the molecule is NOCC1CCCCc2cc(Br)sc21. The zero-order valence-electron chi connectivity index (χ0n) is 7.96. The highest BCUT2D eigenvalue weighted by Crippen LogP contribution is 2.38. The molecule has 14 heavy (non-hydrogen) atoms. The van der Waals surface area contributed by atoms with Crippen LogP contribution < -0.4 is 5.90 Å². The lowest BCUT2D eigenvalue weighted by Crippen LogP contribution is -2.10. The van der Waals surface area contributed by atoms with Gasteiger partial charge in [-0.2, -0.15) is 0 Å². The molecule has 1 aromatic rings. The van der Waals surface area contributed by atoms with Gasteiger partial charge in [0.25, 0.3) is 0 Å². The van der Waals surface area contributed by atoms with Gasteiger partial charge in [0.15, 0.2) is 0 Å². The fourth-order valence-corrected chi connectivity index (χ4v) is 3.92. The summed E-state index contributed by atoms with van der Waals surface area (Å²) >= 11 is 5.38.